The van der Waals surface area contributed by atoms with E-state index in [1.54, 1.807) is 0 Å². The number of fused-ring (bicyclic) bond motifs is 15. The highest BCUT2D eigenvalue weighted by atomic mass is 16.3. The normalized spacial score (nSPS) is 12.1. The highest BCUT2D eigenvalue weighted by Gasteiger charge is 2.22. The van der Waals surface area contributed by atoms with Crippen molar-refractivity contribution in [3.05, 3.63) is 218 Å². The molecule has 0 aliphatic heterocycles. The predicted octanol–water partition coefficient (Wildman–Crippen LogP) is 16.8. The minimum Gasteiger partial charge on any atom is -0.454 e. The first-order valence-corrected chi connectivity index (χ1v) is 23.1. The second kappa shape index (κ2) is 14.2. The lowest BCUT2D eigenvalue weighted by Crippen LogP contribution is -2.01. The number of furan rings is 1. The summed E-state index contributed by atoms with van der Waals surface area (Å²) in [5.41, 5.74) is 7.55. The molecule has 3 aromatic heterocycles. The van der Waals surface area contributed by atoms with Crippen LogP contribution < -0.4 is 0 Å². The Morgan fingerprint density at radius 3 is 1.37 bits per heavy atom. The van der Waals surface area contributed by atoms with Gasteiger partial charge in [0.1, 0.15) is 5.58 Å². The van der Waals surface area contributed by atoms with Gasteiger partial charge in [-0.15, -0.1) is 0 Å². The van der Waals surface area contributed by atoms with E-state index in [0.717, 1.165) is 87.7 Å². The molecule has 314 valence electrons. The van der Waals surface area contributed by atoms with Crippen LogP contribution in [0.3, 0.4) is 0 Å². The van der Waals surface area contributed by atoms with E-state index in [0.29, 0.717) is 17.5 Å². The summed E-state index contributed by atoms with van der Waals surface area (Å²) in [6, 6.07) is 78.2. The Balaban J connectivity index is 0.998. The molecule has 15 aromatic rings. The third-order valence-electron chi connectivity index (χ3n) is 14.1. The molecular weight excluding hydrogens is 829 g/mol. The van der Waals surface area contributed by atoms with E-state index < -0.39 is 0 Å². The van der Waals surface area contributed by atoms with Crippen LogP contribution in [0.5, 0.6) is 0 Å². The van der Waals surface area contributed by atoms with E-state index in [4.69, 9.17) is 19.4 Å². The monoisotopic (exact) mass is 864 g/mol. The Labute approximate surface area is 388 Å². The highest BCUT2D eigenvalue weighted by Crippen LogP contribution is 2.43. The van der Waals surface area contributed by atoms with Crippen molar-refractivity contribution in [1.82, 2.24) is 19.5 Å². The van der Waals surface area contributed by atoms with E-state index in [-0.39, 0.29) is 0 Å². The van der Waals surface area contributed by atoms with E-state index in [1.807, 2.05) is 6.07 Å². The molecule has 0 aliphatic carbocycles. The molecule has 0 atom stereocenters. The van der Waals surface area contributed by atoms with Crippen molar-refractivity contribution in [3.8, 4) is 39.9 Å². The summed E-state index contributed by atoms with van der Waals surface area (Å²) in [7, 11) is 0. The molecule has 0 unspecified atom stereocenters. The van der Waals surface area contributed by atoms with Gasteiger partial charge in [0.2, 0.25) is 0 Å². The minimum atomic E-state index is 0.596. The smallest absolute Gasteiger partial charge is 0.164 e. The zero-order valence-electron chi connectivity index (χ0n) is 36.5. The first kappa shape index (κ1) is 37.1. The average molecular weight is 865 g/mol. The van der Waals surface area contributed by atoms with Gasteiger partial charge in [0.15, 0.2) is 23.1 Å². The maximum Gasteiger partial charge on any atom is 0.164 e. The van der Waals surface area contributed by atoms with E-state index in [2.05, 4.69) is 217 Å². The third-order valence-corrected chi connectivity index (χ3v) is 14.1. The highest BCUT2D eigenvalue weighted by molar-refractivity contribution is 6.23. The number of hydrogen-bond acceptors (Lipinski definition) is 4. The first-order valence-electron chi connectivity index (χ1n) is 23.1. The molecule has 0 spiro atoms. The van der Waals surface area contributed by atoms with Crippen LogP contribution in [0, 0.1) is 0 Å². The summed E-state index contributed by atoms with van der Waals surface area (Å²) < 4.78 is 9.29. The first-order chi connectivity index (χ1) is 33.7. The number of hydrogen-bond donors (Lipinski definition) is 0. The van der Waals surface area contributed by atoms with Crippen LogP contribution in [0.4, 0.5) is 0 Å². The van der Waals surface area contributed by atoms with Gasteiger partial charge in [-0.1, -0.05) is 176 Å². The quantitative estimate of drug-likeness (QED) is 0.165. The van der Waals surface area contributed by atoms with Crippen molar-refractivity contribution in [2.75, 3.05) is 0 Å². The summed E-state index contributed by atoms with van der Waals surface area (Å²) >= 11 is 0. The molecule has 0 aliphatic rings. The van der Waals surface area contributed by atoms with Crippen LogP contribution >= 0.6 is 0 Å². The fourth-order valence-corrected chi connectivity index (χ4v) is 10.9. The lowest BCUT2D eigenvalue weighted by molar-refractivity contribution is 0.666. The molecule has 5 nitrogen and oxygen atoms in total. The maximum absolute atomic E-state index is 6.90. The topological polar surface area (TPSA) is 56.7 Å². The fourth-order valence-electron chi connectivity index (χ4n) is 10.9. The van der Waals surface area contributed by atoms with Crippen molar-refractivity contribution in [3.63, 3.8) is 0 Å². The Morgan fingerprint density at radius 1 is 0.294 bits per heavy atom. The maximum atomic E-state index is 6.90. The molecule has 0 saturated heterocycles. The molecule has 3 heterocycles. The predicted molar refractivity (Wildman–Crippen MR) is 283 cm³/mol. The number of para-hydroxylation sites is 1. The summed E-state index contributed by atoms with van der Waals surface area (Å²) in [5, 5.41) is 18.7. The van der Waals surface area contributed by atoms with E-state index in [9.17, 15) is 0 Å². The molecule has 0 fully saturated rings. The Morgan fingerprint density at radius 2 is 0.735 bits per heavy atom. The van der Waals surface area contributed by atoms with Crippen molar-refractivity contribution in [2.24, 2.45) is 0 Å². The molecule has 68 heavy (non-hydrogen) atoms. The van der Waals surface area contributed by atoms with Crippen molar-refractivity contribution >= 4 is 108 Å². The molecule has 0 radical (unpaired) electrons. The van der Waals surface area contributed by atoms with Crippen LogP contribution in [-0.2, 0) is 0 Å². The summed E-state index contributed by atoms with van der Waals surface area (Å²) in [6.07, 6.45) is 0. The summed E-state index contributed by atoms with van der Waals surface area (Å²) in [4.78, 5) is 16.0. The van der Waals surface area contributed by atoms with Crippen LogP contribution in [-0.4, -0.2) is 19.5 Å². The lowest BCUT2D eigenvalue weighted by atomic mass is 9.99. The van der Waals surface area contributed by atoms with Crippen LogP contribution in [0.25, 0.3) is 148 Å². The van der Waals surface area contributed by atoms with E-state index in [1.165, 1.54) is 43.1 Å². The SMILES string of the molecule is c1ccc2cc3c(cc2c1)c1ccc(-c2nc(-c4ccc5c(ccc6ccccc65)c4)nc(-c4ccc5c(ccc6ccccc65)c4)n2)cc1n3-c1cc2ccccc2c2c1oc1ccccc12. The van der Waals surface area contributed by atoms with Gasteiger partial charge in [-0.2, -0.15) is 0 Å². The number of benzene rings is 12. The van der Waals surface area contributed by atoms with Crippen molar-refractivity contribution in [2.45, 2.75) is 0 Å². The van der Waals surface area contributed by atoms with E-state index >= 15 is 0 Å². The zero-order valence-corrected chi connectivity index (χ0v) is 36.5. The molecule has 0 amide bonds. The fraction of sp³-hybridized carbons (Fsp3) is 0. The summed E-state index contributed by atoms with van der Waals surface area (Å²) in [5.74, 6) is 1.83. The van der Waals surface area contributed by atoms with Crippen LogP contribution in [0.2, 0.25) is 0 Å². The van der Waals surface area contributed by atoms with Gasteiger partial charge < -0.3 is 8.98 Å². The Hall–Kier alpha value is -9.19. The molecule has 5 heteroatoms. The molecule has 0 bridgehead atoms. The molecular formula is C63H36N4O. The van der Waals surface area contributed by atoms with Gasteiger partial charge in [-0.3, -0.25) is 0 Å². The average Bonchev–Trinajstić information content (AvgIpc) is 3.95. The van der Waals surface area contributed by atoms with Gasteiger partial charge >= 0.3 is 0 Å². The third kappa shape index (κ3) is 5.53. The van der Waals surface area contributed by atoms with Crippen LogP contribution in [0.1, 0.15) is 0 Å². The Bertz CT molecular complexity index is 4500. The van der Waals surface area contributed by atoms with Crippen molar-refractivity contribution in [1.29, 1.82) is 0 Å². The number of aromatic nitrogens is 4. The Kier molecular flexibility index (Phi) is 7.72. The summed E-state index contributed by atoms with van der Waals surface area (Å²) in [6.45, 7) is 0. The number of rotatable bonds is 4. The van der Waals surface area contributed by atoms with Gasteiger partial charge in [0.25, 0.3) is 0 Å². The minimum absolute atomic E-state index is 0.596. The van der Waals surface area contributed by atoms with Gasteiger partial charge in [0, 0.05) is 38.2 Å². The largest absolute Gasteiger partial charge is 0.454 e. The molecule has 15 rings (SSSR count). The van der Waals surface area contributed by atoms with Crippen LogP contribution in [0.15, 0.2) is 223 Å². The zero-order chi connectivity index (χ0) is 44.5. The van der Waals surface area contributed by atoms with Gasteiger partial charge in [-0.25, -0.2) is 15.0 Å². The van der Waals surface area contributed by atoms with Gasteiger partial charge in [-0.05, 0) is 107 Å². The van der Waals surface area contributed by atoms with Crippen molar-refractivity contribution < 1.29 is 4.42 Å². The molecule has 12 aromatic carbocycles. The second-order valence-electron chi connectivity index (χ2n) is 18.0. The molecule has 0 N–H and O–H groups in total. The number of nitrogens with zero attached hydrogens (tertiary/aromatic N) is 4. The lowest BCUT2D eigenvalue weighted by Gasteiger charge is -2.13. The standard InChI is InChI=1S/C63H36N4O/c1-2-14-40-34-56-54(33-39(40)13-1)52-30-27-46(36-55(52)67(56)57-35-41-15-5-8-18-51(41)59-53-19-9-10-20-58(53)68-60(57)59)63-65-61(44-25-28-49-42(31-44)23-21-37-11-3-6-16-47(37)49)64-62(66-63)45-26-29-50-43(32-45)24-22-38-12-4-7-17-48(38)50/h1-36H. The van der Waals surface area contributed by atoms with Gasteiger partial charge in [0.05, 0.1) is 16.7 Å². The molecule has 0 saturated carbocycles. The second-order valence-corrected chi connectivity index (χ2v) is 18.0.